The summed E-state index contributed by atoms with van der Waals surface area (Å²) in [5.74, 6) is -3.61. The van der Waals surface area contributed by atoms with Crippen molar-refractivity contribution in [3.05, 3.63) is 98.6 Å². The molecule has 1 atom stereocenters. The standard InChI is InChI=1S/C28H22ClF5N4O3/c1-37-4-5-38(13-23(37)39)12-14-6-20-24(25(36-27(20)41)19-11-17(30)2-3-21(19)29)22(7-14)35-26(40)15-8-16(28(32,33)34)10-18(31)9-15/h2-3,6-11,25H,4-5,12-13H2,1H3,(H,35,40)(H,36,41). The van der Waals surface area contributed by atoms with Gasteiger partial charge in [-0.25, -0.2) is 8.78 Å². The number of alkyl halides is 3. The molecule has 0 radical (unpaired) electrons. The minimum atomic E-state index is -4.90. The summed E-state index contributed by atoms with van der Waals surface area (Å²) >= 11 is 6.31. The number of fused-ring (bicyclic) bond motifs is 1. The molecule has 2 aliphatic heterocycles. The van der Waals surface area contributed by atoms with Crippen LogP contribution in [0.5, 0.6) is 0 Å². The minimum Gasteiger partial charge on any atom is -0.343 e. The molecule has 0 aliphatic carbocycles. The molecule has 13 heteroatoms. The number of benzene rings is 3. The van der Waals surface area contributed by atoms with Crippen molar-refractivity contribution in [2.45, 2.75) is 18.8 Å². The highest BCUT2D eigenvalue weighted by Crippen LogP contribution is 2.40. The Balaban J connectivity index is 1.58. The summed E-state index contributed by atoms with van der Waals surface area (Å²) < 4.78 is 68.0. The van der Waals surface area contributed by atoms with Crippen LogP contribution >= 0.6 is 11.6 Å². The Morgan fingerprint density at radius 1 is 1.05 bits per heavy atom. The molecule has 1 unspecified atom stereocenters. The van der Waals surface area contributed by atoms with E-state index in [2.05, 4.69) is 10.6 Å². The van der Waals surface area contributed by atoms with Gasteiger partial charge >= 0.3 is 6.18 Å². The number of likely N-dealkylation sites (N-methyl/N-ethyl adjacent to an activating group) is 1. The van der Waals surface area contributed by atoms with E-state index < -0.39 is 46.8 Å². The molecule has 1 fully saturated rings. The Bertz CT molecular complexity index is 1580. The van der Waals surface area contributed by atoms with E-state index in [1.807, 2.05) is 4.90 Å². The fraction of sp³-hybridized carbons (Fsp3) is 0.250. The lowest BCUT2D eigenvalue weighted by Crippen LogP contribution is -2.47. The molecule has 0 spiro atoms. The van der Waals surface area contributed by atoms with Gasteiger partial charge < -0.3 is 15.5 Å². The Morgan fingerprint density at radius 3 is 2.51 bits per heavy atom. The maximum absolute atomic E-state index is 14.2. The van der Waals surface area contributed by atoms with Crippen molar-refractivity contribution in [2.24, 2.45) is 0 Å². The summed E-state index contributed by atoms with van der Waals surface area (Å²) in [6.07, 6.45) is -4.90. The van der Waals surface area contributed by atoms with Crippen LogP contribution in [0.3, 0.4) is 0 Å². The molecule has 2 aliphatic rings. The molecule has 0 saturated carbocycles. The van der Waals surface area contributed by atoms with Crippen molar-refractivity contribution < 1.29 is 36.3 Å². The normalized spacial score (nSPS) is 17.4. The van der Waals surface area contributed by atoms with Gasteiger partial charge in [0.2, 0.25) is 5.91 Å². The first-order chi connectivity index (χ1) is 19.3. The summed E-state index contributed by atoms with van der Waals surface area (Å²) in [5.41, 5.74) is -0.865. The van der Waals surface area contributed by atoms with Crippen LogP contribution in [-0.4, -0.2) is 54.2 Å². The molecule has 0 bridgehead atoms. The van der Waals surface area contributed by atoms with Crippen LogP contribution < -0.4 is 10.6 Å². The molecule has 2 heterocycles. The van der Waals surface area contributed by atoms with E-state index in [-0.39, 0.29) is 52.5 Å². The number of halogens is 6. The number of nitrogens with zero attached hydrogens (tertiary/aromatic N) is 2. The van der Waals surface area contributed by atoms with Crippen LogP contribution in [0.4, 0.5) is 27.6 Å². The van der Waals surface area contributed by atoms with Crippen LogP contribution in [0.2, 0.25) is 5.02 Å². The highest BCUT2D eigenvalue weighted by Gasteiger charge is 2.36. The number of carbonyl (C=O) groups is 3. The van der Waals surface area contributed by atoms with Gasteiger partial charge in [-0.3, -0.25) is 19.3 Å². The van der Waals surface area contributed by atoms with Gasteiger partial charge in [-0.2, -0.15) is 13.2 Å². The Hall–Kier alpha value is -4.03. The summed E-state index contributed by atoms with van der Waals surface area (Å²) in [4.78, 5) is 41.9. The van der Waals surface area contributed by atoms with Gasteiger partial charge in [0.05, 0.1) is 18.2 Å². The first-order valence-electron chi connectivity index (χ1n) is 12.4. The maximum atomic E-state index is 14.2. The molecule has 2 N–H and O–H groups in total. The third-order valence-electron chi connectivity index (χ3n) is 7.00. The molecule has 3 amide bonds. The Labute approximate surface area is 235 Å². The molecular weight excluding hydrogens is 571 g/mol. The third kappa shape index (κ3) is 5.89. The van der Waals surface area contributed by atoms with Crippen LogP contribution in [0, 0.1) is 11.6 Å². The number of rotatable bonds is 5. The first kappa shape index (κ1) is 28.5. The van der Waals surface area contributed by atoms with Crippen molar-refractivity contribution >= 4 is 35.0 Å². The zero-order valence-corrected chi connectivity index (χ0v) is 22.2. The van der Waals surface area contributed by atoms with Crippen molar-refractivity contribution in [3.63, 3.8) is 0 Å². The van der Waals surface area contributed by atoms with Crippen LogP contribution in [-0.2, 0) is 17.5 Å². The average Bonchev–Trinajstić information content (AvgIpc) is 3.23. The molecule has 41 heavy (non-hydrogen) atoms. The maximum Gasteiger partial charge on any atom is 0.416 e. The predicted molar refractivity (Wildman–Crippen MR) is 139 cm³/mol. The SMILES string of the molecule is CN1CCN(Cc2cc(NC(=O)c3cc(F)cc(C(F)(F)F)c3)c3c(c2)C(=O)NC3c2cc(F)ccc2Cl)CC1=O. The smallest absolute Gasteiger partial charge is 0.343 e. The number of anilines is 1. The van der Waals surface area contributed by atoms with Gasteiger partial charge in [0.1, 0.15) is 11.6 Å². The summed E-state index contributed by atoms with van der Waals surface area (Å²) in [7, 11) is 1.68. The zero-order valence-electron chi connectivity index (χ0n) is 21.4. The van der Waals surface area contributed by atoms with Gasteiger partial charge in [-0.05, 0) is 54.1 Å². The van der Waals surface area contributed by atoms with Crippen molar-refractivity contribution in [1.82, 2.24) is 15.1 Å². The molecule has 1 saturated heterocycles. The quantitative estimate of drug-likeness (QED) is 0.409. The van der Waals surface area contributed by atoms with E-state index in [1.54, 1.807) is 18.0 Å². The molecule has 0 aromatic heterocycles. The Kier molecular flexibility index (Phi) is 7.47. The largest absolute Gasteiger partial charge is 0.416 e. The molecular formula is C28H22ClF5N4O3. The van der Waals surface area contributed by atoms with Crippen molar-refractivity contribution in [3.8, 4) is 0 Å². The summed E-state index contributed by atoms with van der Waals surface area (Å²) in [5, 5.41) is 5.36. The number of hydrogen-bond acceptors (Lipinski definition) is 4. The van der Waals surface area contributed by atoms with Gasteiger partial charge in [0, 0.05) is 59.6 Å². The molecule has 7 nitrogen and oxygen atoms in total. The second kappa shape index (κ2) is 10.7. The van der Waals surface area contributed by atoms with Crippen LogP contribution in [0.15, 0.2) is 48.5 Å². The highest BCUT2D eigenvalue weighted by atomic mass is 35.5. The number of hydrogen-bond donors (Lipinski definition) is 2. The number of nitrogens with one attached hydrogen (secondary N) is 2. The van der Waals surface area contributed by atoms with E-state index in [0.717, 1.165) is 12.1 Å². The number of amides is 3. The fourth-order valence-electron chi connectivity index (χ4n) is 4.94. The predicted octanol–water partition coefficient (Wildman–Crippen LogP) is 5.00. The van der Waals surface area contributed by atoms with E-state index in [1.165, 1.54) is 12.1 Å². The lowest BCUT2D eigenvalue weighted by Gasteiger charge is -2.32. The van der Waals surface area contributed by atoms with Crippen molar-refractivity contribution in [2.75, 3.05) is 32.0 Å². The second-order valence-electron chi connectivity index (χ2n) is 9.88. The second-order valence-corrected chi connectivity index (χ2v) is 10.3. The number of piperazine rings is 1. The zero-order chi connectivity index (χ0) is 29.6. The minimum absolute atomic E-state index is 0.0319. The van der Waals surface area contributed by atoms with Crippen molar-refractivity contribution in [1.29, 1.82) is 0 Å². The third-order valence-corrected chi connectivity index (χ3v) is 7.34. The van der Waals surface area contributed by atoms with Gasteiger partial charge in [-0.1, -0.05) is 11.6 Å². The summed E-state index contributed by atoms with van der Waals surface area (Å²) in [6, 6.07) is 7.10. The van der Waals surface area contributed by atoms with E-state index in [9.17, 15) is 36.3 Å². The molecule has 214 valence electrons. The fourth-order valence-corrected chi connectivity index (χ4v) is 5.16. The van der Waals surface area contributed by atoms with E-state index in [4.69, 9.17) is 11.6 Å². The first-order valence-corrected chi connectivity index (χ1v) is 12.8. The monoisotopic (exact) mass is 592 g/mol. The number of carbonyl (C=O) groups excluding carboxylic acids is 3. The van der Waals surface area contributed by atoms with Crippen LogP contribution in [0.25, 0.3) is 0 Å². The topological polar surface area (TPSA) is 81.8 Å². The Morgan fingerprint density at radius 2 is 1.80 bits per heavy atom. The average molecular weight is 593 g/mol. The summed E-state index contributed by atoms with van der Waals surface area (Å²) in [6.45, 7) is 1.35. The highest BCUT2D eigenvalue weighted by molar-refractivity contribution is 6.31. The van der Waals surface area contributed by atoms with E-state index in [0.29, 0.717) is 30.8 Å². The van der Waals surface area contributed by atoms with E-state index >= 15 is 0 Å². The molecule has 3 aromatic carbocycles. The lowest BCUT2D eigenvalue weighted by molar-refractivity contribution is -0.138. The molecule has 5 rings (SSSR count). The van der Waals surface area contributed by atoms with Gasteiger partial charge in [0.15, 0.2) is 0 Å². The van der Waals surface area contributed by atoms with Gasteiger partial charge in [-0.15, -0.1) is 0 Å². The van der Waals surface area contributed by atoms with Crippen LogP contribution in [0.1, 0.15) is 49.0 Å². The molecule has 3 aromatic rings. The lowest BCUT2D eigenvalue weighted by atomic mass is 9.94. The van der Waals surface area contributed by atoms with Gasteiger partial charge in [0.25, 0.3) is 11.8 Å².